The summed E-state index contributed by atoms with van der Waals surface area (Å²) < 4.78 is 37.7. The predicted octanol–water partition coefficient (Wildman–Crippen LogP) is 2.80. The van der Waals surface area contributed by atoms with Crippen LogP contribution in [0.1, 0.15) is 0 Å². The number of alkyl halides is 3. The van der Waals surface area contributed by atoms with Crippen molar-refractivity contribution in [2.75, 3.05) is 5.32 Å². The quantitative estimate of drug-likeness (QED) is 0.768. The summed E-state index contributed by atoms with van der Waals surface area (Å²) in [6, 6.07) is 4.09. The van der Waals surface area contributed by atoms with Gasteiger partial charge in [0.05, 0.1) is 0 Å². The summed E-state index contributed by atoms with van der Waals surface area (Å²) >= 11 is 5.44. The van der Waals surface area contributed by atoms with Crippen LogP contribution in [0, 0.1) is 0 Å². The molecule has 0 spiro atoms. The maximum absolute atomic E-state index is 11.6. The molecule has 82 valence electrons. The van der Waals surface area contributed by atoms with Crippen molar-refractivity contribution in [1.82, 2.24) is 4.98 Å². The number of aromatic nitrogens is 1. The van der Waals surface area contributed by atoms with Crippen molar-refractivity contribution in [3.8, 4) is 0 Å². The van der Waals surface area contributed by atoms with Crippen LogP contribution in [0.5, 0.6) is 0 Å². The molecule has 15 heavy (non-hydrogen) atoms. The van der Waals surface area contributed by atoms with Gasteiger partial charge in [-0.25, -0.2) is 9.78 Å². The Balaban J connectivity index is 2.59. The lowest BCUT2D eigenvalue weighted by molar-refractivity contribution is -0.289. The van der Waals surface area contributed by atoms with E-state index in [4.69, 9.17) is 11.6 Å². The van der Waals surface area contributed by atoms with Gasteiger partial charge in [0.2, 0.25) is 0 Å². The minimum atomic E-state index is -5.03. The topological polar surface area (TPSA) is 51.2 Å². The first-order chi connectivity index (χ1) is 6.87. The van der Waals surface area contributed by atoms with Gasteiger partial charge in [0.1, 0.15) is 11.0 Å². The van der Waals surface area contributed by atoms with E-state index in [2.05, 4.69) is 9.72 Å². The molecule has 0 aliphatic heterocycles. The van der Waals surface area contributed by atoms with Crippen molar-refractivity contribution in [2.45, 2.75) is 6.36 Å². The van der Waals surface area contributed by atoms with E-state index in [0.717, 1.165) is 0 Å². The standard InChI is InChI=1S/C7H4ClF3N2O2/c8-4-2-1-3-5(12-4)13-6(14)15-7(9,10)11/h1-3H,(H,12,13,14). The molecule has 0 unspecified atom stereocenters. The summed E-state index contributed by atoms with van der Waals surface area (Å²) in [5.74, 6) is -0.128. The van der Waals surface area contributed by atoms with Crippen molar-refractivity contribution in [3.05, 3.63) is 23.4 Å². The average molecular weight is 241 g/mol. The van der Waals surface area contributed by atoms with Crippen LogP contribution in [0.4, 0.5) is 23.8 Å². The third-order valence-corrected chi connectivity index (χ3v) is 1.36. The summed E-state index contributed by atoms with van der Waals surface area (Å²) in [5.41, 5.74) is 0. The summed E-state index contributed by atoms with van der Waals surface area (Å²) in [7, 11) is 0. The lowest BCUT2D eigenvalue weighted by atomic mass is 10.5. The third kappa shape index (κ3) is 4.50. The lowest BCUT2D eigenvalue weighted by Crippen LogP contribution is -2.24. The zero-order valence-corrected chi connectivity index (χ0v) is 7.76. The second-order valence-electron chi connectivity index (χ2n) is 2.31. The zero-order chi connectivity index (χ0) is 11.5. The molecule has 0 aliphatic carbocycles. The molecular formula is C7H4ClF3N2O2. The van der Waals surface area contributed by atoms with E-state index in [1.165, 1.54) is 18.2 Å². The number of anilines is 1. The van der Waals surface area contributed by atoms with Gasteiger partial charge in [-0.1, -0.05) is 17.7 Å². The lowest BCUT2D eigenvalue weighted by Gasteiger charge is -2.07. The van der Waals surface area contributed by atoms with E-state index in [9.17, 15) is 18.0 Å². The summed E-state index contributed by atoms with van der Waals surface area (Å²) in [6.45, 7) is 0. The largest absolute Gasteiger partial charge is 0.576 e. The number of carbonyl (C=O) groups excluding carboxylic acids is 1. The van der Waals surface area contributed by atoms with Gasteiger partial charge >= 0.3 is 12.5 Å². The Morgan fingerprint density at radius 2 is 2.13 bits per heavy atom. The Morgan fingerprint density at radius 3 is 2.67 bits per heavy atom. The monoisotopic (exact) mass is 240 g/mol. The first-order valence-corrected chi connectivity index (χ1v) is 3.94. The molecule has 1 aromatic rings. The fourth-order valence-corrected chi connectivity index (χ4v) is 0.877. The summed E-state index contributed by atoms with van der Waals surface area (Å²) in [5, 5.41) is 1.80. The van der Waals surface area contributed by atoms with Crippen molar-refractivity contribution < 1.29 is 22.7 Å². The molecule has 1 rings (SSSR count). The van der Waals surface area contributed by atoms with Crippen molar-refractivity contribution in [1.29, 1.82) is 0 Å². The Labute approximate surface area is 87.0 Å². The molecule has 1 heterocycles. The van der Waals surface area contributed by atoms with Gasteiger partial charge in [-0.15, -0.1) is 13.2 Å². The zero-order valence-electron chi connectivity index (χ0n) is 7.01. The van der Waals surface area contributed by atoms with Crippen LogP contribution in [-0.2, 0) is 4.74 Å². The number of amides is 1. The molecule has 0 saturated heterocycles. The number of nitrogens with zero attached hydrogens (tertiary/aromatic N) is 1. The van der Waals surface area contributed by atoms with Crippen LogP contribution in [0.2, 0.25) is 5.15 Å². The molecule has 8 heteroatoms. The van der Waals surface area contributed by atoms with Gasteiger partial charge in [-0.3, -0.25) is 5.32 Å². The predicted molar refractivity (Wildman–Crippen MR) is 45.4 cm³/mol. The van der Waals surface area contributed by atoms with Crippen LogP contribution in [0.25, 0.3) is 0 Å². The number of rotatable bonds is 1. The van der Waals surface area contributed by atoms with E-state index in [1.807, 2.05) is 0 Å². The average Bonchev–Trinajstić information content (AvgIpc) is 1.99. The molecule has 0 bridgehead atoms. The number of nitrogens with one attached hydrogen (secondary N) is 1. The van der Waals surface area contributed by atoms with E-state index in [-0.39, 0.29) is 11.0 Å². The minimum Gasteiger partial charge on any atom is -0.356 e. The smallest absolute Gasteiger partial charge is 0.356 e. The van der Waals surface area contributed by atoms with Crippen LogP contribution in [0.15, 0.2) is 18.2 Å². The molecule has 1 N–H and O–H groups in total. The van der Waals surface area contributed by atoms with Crippen molar-refractivity contribution in [3.63, 3.8) is 0 Å². The number of ether oxygens (including phenoxy) is 1. The van der Waals surface area contributed by atoms with E-state index in [0.29, 0.717) is 0 Å². The maximum atomic E-state index is 11.6. The SMILES string of the molecule is O=C(Nc1cccc(Cl)n1)OC(F)(F)F. The second-order valence-corrected chi connectivity index (χ2v) is 2.69. The maximum Gasteiger partial charge on any atom is 0.576 e. The molecule has 0 atom stereocenters. The molecule has 1 amide bonds. The van der Waals surface area contributed by atoms with E-state index in [1.54, 1.807) is 5.32 Å². The van der Waals surface area contributed by atoms with E-state index >= 15 is 0 Å². The Bertz CT molecular complexity index is 369. The summed E-state index contributed by atoms with van der Waals surface area (Å²) in [4.78, 5) is 14.1. The first kappa shape index (κ1) is 11.6. The number of halogens is 4. The molecule has 1 aromatic heterocycles. The number of hydrogen-bond acceptors (Lipinski definition) is 3. The highest BCUT2D eigenvalue weighted by Gasteiger charge is 2.34. The number of carbonyl (C=O) groups is 1. The molecule has 0 fully saturated rings. The van der Waals surface area contributed by atoms with Gasteiger partial charge in [0.15, 0.2) is 0 Å². The number of pyridine rings is 1. The van der Waals surface area contributed by atoms with Gasteiger partial charge in [-0.2, -0.15) is 0 Å². The van der Waals surface area contributed by atoms with Crippen molar-refractivity contribution in [2.24, 2.45) is 0 Å². The van der Waals surface area contributed by atoms with Crippen LogP contribution >= 0.6 is 11.6 Å². The second kappa shape index (κ2) is 4.35. The molecule has 0 saturated carbocycles. The first-order valence-electron chi connectivity index (χ1n) is 3.56. The molecular weight excluding hydrogens is 237 g/mol. The Hall–Kier alpha value is -1.50. The minimum absolute atomic E-state index is 0.0415. The Kier molecular flexibility index (Phi) is 3.35. The molecule has 0 aromatic carbocycles. The Morgan fingerprint density at radius 1 is 1.47 bits per heavy atom. The highest BCUT2D eigenvalue weighted by atomic mass is 35.5. The van der Waals surface area contributed by atoms with Crippen LogP contribution in [0.3, 0.4) is 0 Å². The van der Waals surface area contributed by atoms with Crippen LogP contribution in [-0.4, -0.2) is 17.4 Å². The highest BCUT2D eigenvalue weighted by molar-refractivity contribution is 6.29. The van der Waals surface area contributed by atoms with Gasteiger partial charge in [0.25, 0.3) is 0 Å². The summed E-state index contributed by atoms with van der Waals surface area (Å²) in [6.07, 6.45) is -6.69. The molecule has 0 radical (unpaired) electrons. The highest BCUT2D eigenvalue weighted by Crippen LogP contribution is 2.17. The van der Waals surface area contributed by atoms with Crippen LogP contribution < -0.4 is 5.32 Å². The fraction of sp³-hybridized carbons (Fsp3) is 0.143. The third-order valence-electron chi connectivity index (χ3n) is 1.15. The normalized spacial score (nSPS) is 10.9. The fourth-order valence-electron chi connectivity index (χ4n) is 0.713. The van der Waals surface area contributed by atoms with Crippen molar-refractivity contribution >= 4 is 23.5 Å². The van der Waals surface area contributed by atoms with E-state index < -0.39 is 12.5 Å². The van der Waals surface area contributed by atoms with Gasteiger partial charge in [0, 0.05) is 0 Å². The van der Waals surface area contributed by atoms with Gasteiger partial charge in [-0.05, 0) is 12.1 Å². The van der Waals surface area contributed by atoms with Gasteiger partial charge < -0.3 is 4.74 Å². The number of hydrogen-bond donors (Lipinski definition) is 1. The molecule has 4 nitrogen and oxygen atoms in total. The molecule has 0 aliphatic rings.